The molecule has 1 N–H and O–H groups in total. The SMILES string of the molecule is [2H]c1cc(C(=O)NC2=NCc3ccc(Cc4cc(C)cc(F)c4)cc32)c(CC2CC([2H])([2H])OC([2H])([2H])C2)c([2H])c1N1CCN(C)CC1. The Labute approximate surface area is 250 Å². The molecule has 0 saturated carbocycles. The molecule has 3 aliphatic rings. The van der Waals surface area contributed by atoms with E-state index in [-0.39, 0.29) is 42.7 Å². The van der Waals surface area contributed by atoms with Crippen LogP contribution in [0.5, 0.6) is 0 Å². The molecule has 0 bridgehead atoms. The zero-order valence-corrected chi connectivity index (χ0v) is 23.5. The molecule has 3 aromatic carbocycles. The van der Waals surface area contributed by atoms with Crippen molar-refractivity contribution in [3.8, 4) is 0 Å². The first-order valence-corrected chi connectivity index (χ1v) is 14.2. The zero-order valence-electron chi connectivity index (χ0n) is 29.5. The van der Waals surface area contributed by atoms with Crippen LogP contribution in [0.25, 0.3) is 0 Å². The Morgan fingerprint density at radius 2 is 1.93 bits per heavy atom. The van der Waals surface area contributed by atoms with Gasteiger partial charge in [-0.3, -0.25) is 9.79 Å². The van der Waals surface area contributed by atoms with Gasteiger partial charge in [0.15, 0.2) is 0 Å². The molecular formula is C34H39FN4O2. The van der Waals surface area contributed by atoms with Crippen LogP contribution < -0.4 is 10.2 Å². The van der Waals surface area contributed by atoms with Gasteiger partial charge in [0, 0.05) is 56.1 Å². The molecule has 1 amide bonds. The number of aryl methyl sites for hydroxylation is 1. The van der Waals surface area contributed by atoms with E-state index in [1.165, 1.54) is 18.2 Å². The summed E-state index contributed by atoms with van der Waals surface area (Å²) < 4.78 is 69.8. The molecule has 3 aliphatic heterocycles. The zero-order chi connectivity index (χ0) is 33.7. The highest BCUT2D eigenvalue weighted by Gasteiger charge is 2.24. The number of ether oxygens (including phenoxy) is 1. The number of rotatable bonds is 6. The molecule has 3 heterocycles. The molecular weight excluding hydrogens is 515 g/mol. The van der Waals surface area contributed by atoms with Crippen molar-refractivity contribution in [2.45, 2.75) is 39.2 Å². The van der Waals surface area contributed by atoms with Crippen molar-refractivity contribution in [2.24, 2.45) is 10.9 Å². The van der Waals surface area contributed by atoms with Gasteiger partial charge >= 0.3 is 0 Å². The Hall–Kier alpha value is -3.55. The van der Waals surface area contributed by atoms with Crippen LogP contribution >= 0.6 is 0 Å². The lowest BCUT2D eigenvalue weighted by atomic mass is 9.89. The molecule has 41 heavy (non-hydrogen) atoms. The molecule has 0 aliphatic carbocycles. The first-order valence-electron chi connectivity index (χ1n) is 17.2. The average molecular weight is 561 g/mol. The monoisotopic (exact) mass is 560 g/mol. The van der Waals surface area contributed by atoms with E-state index in [0.29, 0.717) is 43.1 Å². The normalized spacial score (nSPS) is 22.4. The minimum Gasteiger partial charge on any atom is -0.381 e. The fourth-order valence-electron chi connectivity index (χ4n) is 5.69. The summed E-state index contributed by atoms with van der Waals surface area (Å²) in [5, 5.41) is 2.92. The van der Waals surface area contributed by atoms with Crippen molar-refractivity contribution in [3.63, 3.8) is 0 Å². The molecule has 0 aromatic heterocycles. The number of benzene rings is 3. The Bertz CT molecular complexity index is 1710. The molecule has 0 radical (unpaired) electrons. The summed E-state index contributed by atoms with van der Waals surface area (Å²) >= 11 is 0. The van der Waals surface area contributed by atoms with Gasteiger partial charge in [0.05, 0.1) is 14.8 Å². The number of carbonyl (C=O) groups is 1. The number of likely N-dealkylation sites (N-methyl/N-ethyl adjacent to an activating group) is 1. The fourth-order valence-corrected chi connectivity index (χ4v) is 5.69. The van der Waals surface area contributed by atoms with Crippen LogP contribution in [0, 0.1) is 18.7 Å². The van der Waals surface area contributed by atoms with Gasteiger partial charge in [0.2, 0.25) is 0 Å². The number of carbonyl (C=O) groups excluding carboxylic acids is 1. The Kier molecular flexibility index (Phi) is 6.27. The number of amidine groups is 1. The van der Waals surface area contributed by atoms with Gasteiger partial charge in [0.1, 0.15) is 11.7 Å². The number of aliphatic imine (C=N–C) groups is 1. The fraction of sp³-hybridized carbons (Fsp3) is 0.412. The maximum atomic E-state index is 14.0. The molecule has 0 atom stereocenters. The van der Waals surface area contributed by atoms with E-state index in [1.54, 1.807) is 0 Å². The number of hydrogen-bond acceptors (Lipinski definition) is 5. The first-order chi connectivity index (χ1) is 22.2. The standard InChI is InChI=1S/C34H39FN4O2/c1-23-15-26(19-29(35)16-23)17-25-3-4-27-22-36-33(32(27)20-25)37-34(40)31-6-5-30(39-11-9-38(2)10-12-39)21-28(31)18-24-7-13-41-14-8-24/h3-6,15-16,19-21,24H,7-14,17-18,22H2,1-2H3,(H,36,37,40)/i5D,13D2,14D2,21D. The van der Waals surface area contributed by atoms with Crippen LogP contribution in [0.15, 0.2) is 59.5 Å². The number of fused-ring (bicyclic) bond motifs is 1. The molecule has 0 unspecified atom stereocenters. The predicted molar refractivity (Wildman–Crippen MR) is 161 cm³/mol. The van der Waals surface area contributed by atoms with E-state index in [2.05, 4.69) is 15.2 Å². The van der Waals surface area contributed by atoms with Crippen LogP contribution in [0.2, 0.25) is 0 Å². The molecule has 7 heteroatoms. The van der Waals surface area contributed by atoms with E-state index in [1.807, 2.05) is 43.1 Å². The van der Waals surface area contributed by atoms with Crippen LogP contribution in [0.3, 0.4) is 0 Å². The highest BCUT2D eigenvalue weighted by atomic mass is 19.1. The summed E-state index contributed by atoms with van der Waals surface area (Å²) in [6, 6.07) is 12.3. The van der Waals surface area contributed by atoms with Crippen molar-refractivity contribution in [1.29, 1.82) is 0 Å². The van der Waals surface area contributed by atoms with Crippen LogP contribution in [0.4, 0.5) is 10.1 Å². The van der Waals surface area contributed by atoms with Crippen LogP contribution in [-0.2, 0) is 24.1 Å². The van der Waals surface area contributed by atoms with Gasteiger partial charge in [-0.05, 0) is 110 Å². The van der Waals surface area contributed by atoms with E-state index >= 15 is 0 Å². The van der Waals surface area contributed by atoms with E-state index in [9.17, 15) is 10.6 Å². The lowest BCUT2D eigenvalue weighted by Gasteiger charge is -2.34. The van der Waals surface area contributed by atoms with E-state index in [0.717, 1.165) is 40.9 Å². The van der Waals surface area contributed by atoms with Crippen molar-refractivity contribution >= 4 is 17.4 Å². The molecule has 2 fully saturated rings. The predicted octanol–water partition coefficient (Wildman–Crippen LogP) is 5.14. The largest absolute Gasteiger partial charge is 0.381 e. The highest BCUT2D eigenvalue weighted by molar-refractivity contribution is 6.14. The average Bonchev–Trinajstić information content (AvgIpc) is 3.35. The van der Waals surface area contributed by atoms with Crippen LogP contribution in [-0.4, -0.2) is 63.0 Å². The number of halogens is 1. The Morgan fingerprint density at radius 3 is 2.71 bits per heavy atom. The third-order valence-corrected chi connectivity index (χ3v) is 7.97. The molecule has 6 rings (SSSR count). The van der Waals surface area contributed by atoms with Crippen molar-refractivity contribution in [2.75, 3.05) is 51.2 Å². The smallest absolute Gasteiger partial charge is 0.257 e. The van der Waals surface area contributed by atoms with Gasteiger partial charge < -0.3 is 19.9 Å². The van der Waals surface area contributed by atoms with Crippen LogP contribution in [0.1, 0.15) is 64.8 Å². The van der Waals surface area contributed by atoms with Gasteiger partial charge in [0.25, 0.3) is 5.91 Å². The van der Waals surface area contributed by atoms with Crippen molar-refractivity contribution < 1.29 is 22.1 Å². The molecule has 6 nitrogen and oxygen atoms in total. The quantitative estimate of drug-likeness (QED) is 0.454. The lowest BCUT2D eigenvalue weighted by Crippen LogP contribution is -2.44. The Morgan fingerprint density at radius 1 is 1.12 bits per heavy atom. The number of hydrogen-bond donors (Lipinski definition) is 1. The van der Waals surface area contributed by atoms with Gasteiger partial charge in [-0.25, -0.2) is 4.39 Å². The summed E-state index contributed by atoms with van der Waals surface area (Å²) in [7, 11) is 2.02. The maximum Gasteiger partial charge on any atom is 0.257 e. The number of anilines is 1. The molecule has 2 saturated heterocycles. The topological polar surface area (TPSA) is 57.2 Å². The minimum absolute atomic E-state index is 0.0289. The second-order valence-corrected chi connectivity index (χ2v) is 11.2. The van der Waals surface area contributed by atoms with Gasteiger partial charge in [-0.15, -0.1) is 0 Å². The molecule has 0 spiro atoms. The molecule has 214 valence electrons. The van der Waals surface area contributed by atoms with Gasteiger partial charge in [-0.1, -0.05) is 18.2 Å². The van der Waals surface area contributed by atoms with E-state index in [4.69, 9.17) is 11.6 Å². The third kappa shape index (κ3) is 6.52. The van der Waals surface area contributed by atoms with E-state index < -0.39 is 24.9 Å². The Balaban J connectivity index is 1.31. The number of amides is 1. The maximum absolute atomic E-state index is 14.0. The number of nitrogens with zero attached hydrogens (tertiary/aromatic N) is 3. The van der Waals surface area contributed by atoms with Gasteiger partial charge in [-0.2, -0.15) is 0 Å². The van der Waals surface area contributed by atoms with Crippen molar-refractivity contribution in [1.82, 2.24) is 10.2 Å². The highest BCUT2D eigenvalue weighted by Crippen LogP contribution is 2.28. The first kappa shape index (κ1) is 21.2. The van der Waals surface area contributed by atoms with Crippen molar-refractivity contribution in [3.05, 3.63) is 99.3 Å². The number of piperazine rings is 1. The summed E-state index contributed by atoms with van der Waals surface area (Å²) in [5.41, 5.74) is 5.17. The second kappa shape index (κ2) is 12.1. The summed E-state index contributed by atoms with van der Waals surface area (Å²) in [4.78, 5) is 22.7. The second-order valence-electron chi connectivity index (χ2n) is 11.2. The third-order valence-electron chi connectivity index (χ3n) is 7.97. The molecule has 3 aromatic rings. The summed E-state index contributed by atoms with van der Waals surface area (Å²) in [6.45, 7) is 0.584. The lowest BCUT2D eigenvalue weighted by molar-refractivity contribution is 0.0664. The number of nitrogens with one attached hydrogen (secondary N) is 1. The summed E-state index contributed by atoms with van der Waals surface area (Å²) in [6.07, 6.45) is 0.396. The summed E-state index contributed by atoms with van der Waals surface area (Å²) in [5.74, 6) is -1.00. The minimum atomic E-state index is -2.20.